The summed E-state index contributed by atoms with van der Waals surface area (Å²) >= 11 is 1.59. The van der Waals surface area contributed by atoms with E-state index in [9.17, 15) is 9.59 Å². The summed E-state index contributed by atoms with van der Waals surface area (Å²) in [6.45, 7) is 0.677. The Balaban J connectivity index is 1.94. The monoisotopic (exact) mass is 269 g/mol. The lowest BCUT2D eigenvalue weighted by molar-refractivity contribution is -0.137. The van der Waals surface area contributed by atoms with Gasteiger partial charge in [-0.2, -0.15) is 11.3 Å². The van der Waals surface area contributed by atoms with Gasteiger partial charge in [0.05, 0.1) is 6.42 Å². The molecular weight excluding hydrogens is 250 g/mol. The van der Waals surface area contributed by atoms with Crippen LogP contribution in [0.1, 0.15) is 37.7 Å². The van der Waals surface area contributed by atoms with E-state index in [4.69, 9.17) is 5.11 Å². The Hall–Kier alpha value is -1.36. The number of nitrogens with one attached hydrogen (secondary N) is 1. The summed E-state index contributed by atoms with van der Waals surface area (Å²) in [5.74, 6) is -0.682. The maximum atomic E-state index is 11.5. The number of hydrogen-bond acceptors (Lipinski definition) is 3. The third-order valence-electron chi connectivity index (χ3n) is 2.58. The minimum Gasteiger partial charge on any atom is -0.481 e. The molecule has 0 saturated carbocycles. The Morgan fingerprint density at radius 3 is 2.67 bits per heavy atom. The highest BCUT2D eigenvalue weighted by molar-refractivity contribution is 7.07. The summed E-state index contributed by atoms with van der Waals surface area (Å²) in [5, 5.41) is 15.3. The number of hydrogen-bond donors (Lipinski definition) is 2. The second-order valence-electron chi connectivity index (χ2n) is 4.22. The van der Waals surface area contributed by atoms with Crippen molar-refractivity contribution in [1.82, 2.24) is 5.32 Å². The van der Waals surface area contributed by atoms with Gasteiger partial charge in [0.15, 0.2) is 0 Å². The van der Waals surface area contributed by atoms with Gasteiger partial charge in [-0.1, -0.05) is 12.8 Å². The molecule has 4 nitrogen and oxygen atoms in total. The maximum absolute atomic E-state index is 11.5. The molecule has 0 unspecified atom stereocenters. The van der Waals surface area contributed by atoms with Crippen molar-refractivity contribution in [1.29, 1.82) is 0 Å². The van der Waals surface area contributed by atoms with Crippen molar-refractivity contribution >= 4 is 23.2 Å². The average molecular weight is 269 g/mol. The van der Waals surface area contributed by atoms with Gasteiger partial charge < -0.3 is 10.4 Å². The van der Waals surface area contributed by atoms with Crippen LogP contribution in [0.3, 0.4) is 0 Å². The molecule has 0 fully saturated rings. The SMILES string of the molecule is O=C(O)CCCCCCNC(=O)Cc1ccsc1. The molecule has 5 heteroatoms. The maximum Gasteiger partial charge on any atom is 0.303 e. The van der Waals surface area contributed by atoms with Crippen LogP contribution < -0.4 is 5.32 Å². The highest BCUT2D eigenvalue weighted by Gasteiger charge is 2.02. The summed E-state index contributed by atoms with van der Waals surface area (Å²) in [6, 6.07) is 1.95. The number of carbonyl (C=O) groups is 2. The molecule has 0 saturated heterocycles. The zero-order chi connectivity index (χ0) is 13.2. The van der Waals surface area contributed by atoms with Crippen LogP contribution in [0.25, 0.3) is 0 Å². The van der Waals surface area contributed by atoms with Crippen LogP contribution in [0.5, 0.6) is 0 Å². The van der Waals surface area contributed by atoms with Gasteiger partial charge >= 0.3 is 5.97 Å². The van der Waals surface area contributed by atoms with Crippen molar-refractivity contribution in [3.63, 3.8) is 0 Å². The first-order valence-corrected chi connectivity index (χ1v) is 7.12. The first-order chi connectivity index (χ1) is 8.68. The first kappa shape index (κ1) is 14.7. The lowest BCUT2D eigenvalue weighted by Gasteiger charge is -2.04. The molecule has 1 aromatic rings. The molecule has 1 rings (SSSR count). The van der Waals surface area contributed by atoms with Gasteiger partial charge in [0.2, 0.25) is 5.91 Å². The third kappa shape index (κ3) is 7.06. The van der Waals surface area contributed by atoms with Crippen LogP contribution in [-0.4, -0.2) is 23.5 Å². The predicted octanol–water partition coefficient (Wildman–Crippen LogP) is 2.44. The molecule has 1 aromatic heterocycles. The molecule has 0 aromatic carbocycles. The molecule has 2 N–H and O–H groups in total. The average Bonchev–Trinajstić information content (AvgIpc) is 2.80. The molecule has 18 heavy (non-hydrogen) atoms. The van der Waals surface area contributed by atoms with E-state index in [1.54, 1.807) is 11.3 Å². The van der Waals surface area contributed by atoms with E-state index in [-0.39, 0.29) is 12.3 Å². The van der Waals surface area contributed by atoms with Crippen LogP contribution in [0.4, 0.5) is 0 Å². The molecule has 1 amide bonds. The summed E-state index contributed by atoms with van der Waals surface area (Å²) in [6.07, 6.45) is 4.19. The summed E-state index contributed by atoms with van der Waals surface area (Å²) in [7, 11) is 0. The minimum absolute atomic E-state index is 0.0546. The van der Waals surface area contributed by atoms with Gasteiger partial charge in [-0.15, -0.1) is 0 Å². The van der Waals surface area contributed by atoms with E-state index in [1.165, 1.54) is 0 Å². The van der Waals surface area contributed by atoms with E-state index >= 15 is 0 Å². The molecule has 100 valence electrons. The third-order valence-corrected chi connectivity index (χ3v) is 3.32. The molecule has 0 atom stereocenters. The highest BCUT2D eigenvalue weighted by atomic mass is 32.1. The second kappa shape index (κ2) is 8.69. The number of thiophene rings is 1. The van der Waals surface area contributed by atoms with Gasteiger partial charge in [0, 0.05) is 13.0 Å². The van der Waals surface area contributed by atoms with E-state index in [0.717, 1.165) is 31.2 Å². The van der Waals surface area contributed by atoms with Crippen molar-refractivity contribution in [2.75, 3.05) is 6.54 Å². The minimum atomic E-state index is -0.737. The number of rotatable bonds is 9. The lowest BCUT2D eigenvalue weighted by Crippen LogP contribution is -2.25. The van der Waals surface area contributed by atoms with E-state index < -0.39 is 5.97 Å². The Morgan fingerprint density at radius 2 is 2.00 bits per heavy atom. The first-order valence-electron chi connectivity index (χ1n) is 6.18. The number of carboxylic acid groups (broad SMARTS) is 1. The molecule has 0 spiro atoms. The largest absolute Gasteiger partial charge is 0.481 e. The normalized spacial score (nSPS) is 10.2. The Bertz CT molecular complexity index is 362. The standard InChI is InChI=1S/C13H19NO3S/c15-12(9-11-6-8-18-10-11)14-7-4-2-1-3-5-13(16)17/h6,8,10H,1-5,7,9H2,(H,14,15)(H,16,17). The van der Waals surface area contributed by atoms with Crippen LogP contribution in [0.2, 0.25) is 0 Å². The molecule has 0 aliphatic carbocycles. The molecular formula is C13H19NO3S. The Kier molecular flexibility index (Phi) is 7.10. The van der Waals surface area contributed by atoms with Crippen LogP contribution in [0, 0.1) is 0 Å². The topological polar surface area (TPSA) is 66.4 Å². The smallest absolute Gasteiger partial charge is 0.303 e. The van der Waals surface area contributed by atoms with E-state index in [0.29, 0.717) is 13.0 Å². The van der Waals surface area contributed by atoms with Crippen molar-refractivity contribution in [2.24, 2.45) is 0 Å². The fourth-order valence-electron chi connectivity index (χ4n) is 1.62. The van der Waals surface area contributed by atoms with Crippen LogP contribution >= 0.6 is 11.3 Å². The summed E-state index contributed by atoms with van der Waals surface area (Å²) in [4.78, 5) is 21.8. The quantitative estimate of drug-likeness (QED) is 0.677. The van der Waals surface area contributed by atoms with Gasteiger partial charge in [-0.3, -0.25) is 9.59 Å². The zero-order valence-electron chi connectivity index (χ0n) is 10.4. The number of unbranched alkanes of at least 4 members (excludes halogenated alkanes) is 3. The van der Waals surface area contributed by atoms with Gasteiger partial charge in [-0.25, -0.2) is 0 Å². The van der Waals surface area contributed by atoms with Gasteiger partial charge in [0.25, 0.3) is 0 Å². The fourth-order valence-corrected chi connectivity index (χ4v) is 2.29. The molecule has 0 aliphatic heterocycles. The number of carbonyl (C=O) groups excluding carboxylic acids is 1. The fraction of sp³-hybridized carbons (Fsp3) is 0.538. The number of carboxylic acids is 1. The van der Waals surface area contributed by atoms with E-state index in [2.05, 4.69) is 5.32 Å². The highest BCUT2D eigenvalue weighted by Crippen LogP contribution is 2.06. The Labute approximate surface area is 111 Å². The molecule has 1 heterocycles. The van der Waals surface area contributed by atoms with Crippen molar-refractivity contribution in [2.45, 2.75) is 38.5 Å². The second-order valence-corrected chi connectivity index (χ2v) is 5.00. The predicted molar refractivity (Wildman–Crippen MR) is 71.8 cm³/mol. The number of aliphatic carboxylic acids is 1. The Morgan fingerprint density at radius 1 is 1.22 bits per heavy atom. The van der Waals surface area contributed by atoms with Crippen LogP contribution in [-0.2, 0) is 16.0 Å². The van der Waals surface area contributed by atoms with Crippen molar-refractivity contribution < 1.29 is 14.7 Å². The van der Waals surface area contributed by atoms with Crippen molar-refractivity contribution in [3.8, 4) is 0 Å². The summed E-state index contributed by atoms with van der Waals surface area (Å²) in [5.41, 5.74) is 1.05. The lowest BCUT2D eigenvalue weighted by atomic mass is 10.1. The molecule has 0 radical (unpaired) electrons. The van der Waals surface area contributed by atoms with Crippen LogP contribution in [0.15, 0.2) is 16.8 Å². The number of amides is 1. The summed E-state index contributed by atoms with van der Waals surface area (Å²) < 4.78 is 0. The molecule has 0 aliphatic rings. The van der Waals surface area contributed by atoms with E-state index in [1.807, 2.05) is 16.8 Å². The van der Waals surface area contributed by atoms with Gasteiger partial charge in [-0.05, 0) is 35.2 Å². The zero-order valence-corrected chi connectivity index (χ0v) is 11.2. The van der Waals surface area contributed by atoms with Crippen molar-refractivity contribution in [3.05, 3.63) is 22.4 Å². The van der Waals surface area contributed by atoms with Gasteiger partial charge in [0.1, 0.15) is 0 Å². The molecule has 0 bridgehead atoms.